The van der Waals surface area contributed by atoms with E-state index in [1.165, 1.54) is 6.33 Å². The van der Waals surface area contributed by atoms with Crippen LogP contribution in [0.2, 0.25) is 0 Å². The van der Waals surface area contributed by atoms with Gasteiger partial charge in [0.1, 0.15) is 29.9 Å². The molecule has 0 atom stereocenters. The van der Waals surface area contributed by atoms with Gasteiger partial charge >= 0.3 is 5.97 Å². The summed E-state index contributed by atoms with van der Waals surface area (Å²) in [6.45, 7) is 4.50. The molecule has 3 aromatic heterocycles. The first-order valence-electron chi connectivity index (χ1n) is 11.4. The van der Waals surface area contributed by atoms with E-state index in [0.29, 0.717) is 34.7 Å². The quantitative estimate of drug-likeness (QED) is 0.301. The fourth-order valence-electron chi connectivity index (χ4n) is 3.60. The summed E-state index contributed by atoms with van der Waals surface area (Å²) < 4.78 is 13.0. The molecule has 3 heterocycles. The van der Waals surface area contributed by atoms with E-state index in [2.05, 4.69) is 25.4 Å². The van der Waals surface area contributed by atoms with Crippen molar-refractivity contribution in [3.05, 3.63) is 96.2 Å². The molecule has 0 fully saturated rings. The Morgan fingerprint density at radius 2 is 1.86 bits per heavy atom. The predicted octanol–water partition coefficient (Wildman–Crippen LogP) is 5.23. The second-order valence-corrected chi connectivity index (χ2v) is 8.19. The zero-order valence-electron chi connectivity index (χ0n) is 19.9. The van der Waals surface area contributed by atoms with E-state index in [1.54, 1.807) is 41.3 Å². The lowest BCUT2D eigenvalue weighted by Gasteiger charge is -2.11. The molecule has 0 saturated carbocycles. The lowest BCUT2D eigenvalue weighted by Crippen LogP contribution is -2.11. The van der Waals surface area contributed by atoms with E-state index in [1.807, 2.05) is 50.2 Å². The average molecular weight is 481 g/mol. The Morgan fingerprint density at radius 3 is 2.64 bits per heavy atom. The number of pyridine rings is 1. The molecule has 5 rings (SSSR count). The molecule has 0 saturated heterocycles. The third kappa shape index (κ3) is 5.30. The molecule has 9 heteroatoms. The van der Waals surface area contributed by atoms with Crippen LogP contribution in [0.4, 0.5) is 11.5 Å². The minimum atomic E-state index is -0.365. The number of aryl methyl sites for hydroxylation is 2. The molecule has 180 valence electrons. The van der Waals surface area contributed by atoms with E-state index in [-0.39, 0.29) is 12.6 Å². The topological polar surface area (TPSA) is 104 Å². The highest BCUT2D eigenvalue weighted by Crippen LogP contribution is 2.29. The Balaban J connectivity index is 1.25. The van der Waals surface area contributed by atoms with Crippen molar-refractivity contribution in [2.75, 3.05) is 11.9 Å². The molecular formula is C27H24N6O3. The highest BCUT2D eigenvalue weighted by atomic mass is 16.5. The molecule has 0 amide bonds. The Hall–Kier alpha value is -4.79. The molecule has 0 aliphatic carbocycles. The van der Waals surface area contributed by atoms with Crippen molar-refractivity contribution in [3.63, 3.8) is 0 Å². The summed E-state index contributed by atoms with van der Waals surface area (Å²) in [5.41, 5.74) is 4.55. The average Bonchev–Trinajstić information content (AvgIpc) is 3.31. The van der Waals surface area contributed by atoms with Crippen molar-refractivity contribution >= 4 is 28.5 Å². The predicted molar refractivity (Wildman–Crippen MR) is 136 cm³/mol. The summed E-state index contributed by atoms with van der Waals surface area (Å²) >= 11 is 0. The molecular weight excluding hydrogens is 456 g/mol. The first-order valence-corrected chi connectivity index (χ1v) is 11.4. The molecule has 1 N–H and O–H groups in total. The maximum absolute atomic E-state index is 12.1. The summed E-state index contributed by atoms with van der Waals surface area (Å²) in [5.74, 6) is 1.64. The summed E-state index contributed by atoms with van der Waals surface area (Å²) in [5, 5.41) is 7.90. The highest BCUT2D eigenvalue weighted by Gasteiger charge is 2.12. The number of benzene rings is 2. The van der Waals surface area contributed by atoms with Gasteiger partial charge in [0.15, 0.2) is 11.3 Å². The second-order valence-electron chi connectivity index (χ2n) is 8.19. The van der Waals surface area contributed by atoms with Crippen molar-refractivity contribution in [3.8, 4) is 11.5 Å². The number of esters is 1. The van der Waals surface area contributed by atoms with Crippen LogP contribution in [-0.2, 0) is 11.3 Å². The summed E-state index contributed by atoms with van der Waals surface area (Å²) in [6.07, 6.45) is 4.99. The number of fused-ring (bicyclic) bond motifs is 1. The Kier molecular flexibility index (Phi) is 6.53. The van der Waals surface area contributed by atoms with Crippen LogP contribution in [0.3, 0.4) is 0 Å². The molecule has 0 unspecified atom stereocenters. The van der Waals surface area contributed by atoms with Crippen LogP contribution < -0.4 is 10.1 Å². The number of anilines is 2. The molecule has 9 nitrogen and oxygen atoms in total. The van der Waals surface area contributed by atoms with Gasteiger partial charge in [0.05, 0.1) is 24.5 Å². The van der Waals surface area contributed by atoms with Crippen LogP contribution in [0.5, 0.6) is 11.5 Å². The lowest BCUT2D eigenvalue weighted by molar-refractivity contribution is 0.0488. The minimum Gasteiger partial charge on any atom is -0.460 e. The monoisotopic (exact) mass is 480 g/mol. The molecule has 0 aliphatic rings. The van der Waals surface area contributed by atoms with Crippen molar-refractivity contribution in [2.45, 2.75) is 20.4 Å². The number of hydrogen-bond acceptors (Lipinski definition) is 8. The standard InChI is InChI=1S/C27H24N6O3/c1-18-14-21(9-11-24(18)36-22-10-8-19(2)28-15-22)31-26-25-23(29-17-30-26)16-33(32-25)12-13-35-27(34)20-6-4-3-5-7-20/h3-11,14-17H,12-13H2,1-2H3,(H,29,30,31). The number of carbonyl (C=O) groups is 1. The van der Waals surface area contributed by atoms with Crippen LogP contribution in [0, 0.1) is 13.8 Å². The number of nitrogens with zero attached hydrogens (tertiary/aromatic N) is 5. The van der Waals surface area contributed by atoms with E-state index in [0.717, 1.165) is 22.7 Å². The highest BCUT2D eigenvalue weighted by molar-refractivity contribution is 5.89. The normalized spacial score (nSPS) is 10.8. The molecule has 0 aliphatic heterocycles. The van der Waals surface area contributed by atoms with Gasteiger partial charge in [0.25, 0.3) is 0 Å². The van der Waals surface area contributed by atoms with Crippen LogP contribution in [0.1, 0.15) is 21.6 Å². The molecule has 0 radical (unpaired) electrons. The Bertz CT molecular complexity index is 1500. The minimum absolute atomic E-state index is 0.190. The van der Waals surface area contributed by atoms with Gasteiger partial charge < -0.3 is 14.8 Å². The van der Waals surface area contributed by atoms with Gasteiger partial charge in [-0.05, 0) is 61.9 Å². The molecule has 2 aromatic carbocycles. The van der Waals surface area contributed by atoms with Crippen LogP contribution in [-0.4, -0.2) is 37.3 Å². The van der Waals surface area contributed by atoms with E-state index in [9.17, 15) is 4.79 Å². The second kappa shape index (κ2) is 10.2. The third-order valence-corrected chi connectivity index (χ3v) is 5.46. The summed E-state index contributed by atoms with van der Waals surface area (Å²) in [7, 11) is 0. The van der Waals surface area contributed by atoms with Crippen molar-refractivity contribution in [1.82, 2.24) is 24.7 Å². The molecule has 5 aromatic rings. The van der Waals surface area contributed by atoms with Gasteiger partial charge in [-0.15, -0.1) is 0 Å². The van der Waals surface area contributed by atoms with Gasteiger partial charge in [-0.1, -0.05) is 18.2 Å². The fourth-order valence-corrected chi connectivity index (χ4v) is 3.60. The number of rotatable bonds is 8. The van der Waals surface area contributed by atoms with Crippen LogP contribution in [0.15, 0.2) is 79.4 Å². The maximum Gasteiger partial charge on any atom is 0.338 e. The first kappa shape index (κ1) is 23.0. The van der Waals surface area contributed by atoms with E-state index >= 15 is 0 Å². The van der Waals surface area contributed by atoms with Gasteiger partial charge in [-0.3, -0.25) is 9.67 Å². The SMILES string of the molecule is Cc1ccc(Oc2ccc(Nc3ncnc4cn(CCOC(=O)c5ccccc5)nc34)cc2C)cn1. The maximum atomic E-state index is 12.1. The summed E-state index contributed by atoms with van der Waals surface area (Å²) in [6, 6.07) is 18.5. The molecule has 0 spiro atoms. The smallest absolute Gasteiger partial charge is 0.338 e. The third-order valence-electron chi connectivity index (χ3n) is 5.46. The first-order chi connectivity index (χ1) is 17.5. The molecule has 36 heavy (non-hydrogen) atoms. The number of hydrogen-bond donors (Lipinski definition) is 1. The van der Waals surface area contributed by atoms with Crippen LogP contribution >= 0.6 is 0 Å². The number of ether oxygens (including phenoxy) is 2. The van der Waals surface area contributed by atoms with Crippen molar-refractivity contribution in [2.24, 2.45) is 0 Å². The summed E-state index contributed by atoms with van der Waals surface area (Å²) in [4.78, 5) is 25.1. The van der Waals surface area contributed by atoms with Gasteiger partial charge in [-0.2, -0.15) is 5.10 Å². The fraction of sp³-hybridized carbons (Fsp3) is 0.148. The Morgan fingerprint density at radius 1 is 1.00 bits per heavy atom. The van der Waals surface area contributed by atoms with E-state index in [4.69, 9.17) is 9.47 Å². The van der Waals surface area contributed by atoms with Gasteiger partial charge in [0, 0.05) is 11.4 Å². The van der Waals surface area contributed by atoms with Gasteiger partial charge in [0.2, 0.25) is 0 Å². The Labute approximate surface area is 207 Å². The zero-order chi connectivity index (χ0) is 24.9. The van der Waals surface area contributed by atoms with E-state index < -0.39 is 0 Å². The number of aromatic nitrogens is 5. The lowest BCUT2D eigenvalue weighted by atomic mass is 10.2. The largest absolute Gasteiger partial charge is 0.460 e. The molecule has 0 bridgehead atoms. The number of carbonyl (C=O) groups excluding carboxylic acids is 1. The zero-order valence-corrected chi connectivity index (χ0v) is 19.9. The van der Waals surface area contributed by atoms with Gasteiger partial charge in [-0.25, -0.2) is 14.8 Å². The van der Waals surface area contributed by atoms with Crippen LogP contribution in [0.25, 0.3) is 11.0 Å². The van der Waals surface area contributed by atoms with Crippen molar-refractivity contribution < 1.29 is 14.3 Å². The van der Waals surface area contributed by atoms with Crippen molar-refractivity contribution in [1.29, 1.82) is 0 Å². The number of nitrogens with one attached hydrogen (secondary N) is 1.